The number of hydrogen-bond acceptors (Lipinski definition) is 5. The Kier molecular flexibility index (Phi) is 3.29. The first kappa shape index (κ1) is 14.3. The Morgan fingerprint density at radius 3 is 3.04 bits per heavy atom. The van der Waals surface area contributed by atoms with Crippen LogP contribution in [0, 0.1) is 17.8 Å². The van der Waals surface area contributed by atoms with E-state index in [1.165, 1.54) is 23.3 Å². The van der Waals surface area contributed by atoms with Crippen molar-refractivity contribution < 1.29 is 4.79 Å². The largest absolute Gasteiger partial charge is 0.352 e. The summed E-state index contributed by atoms with van der Waals surface area (Å²) in [4.78, 5) is 14.3. The third kappa shape index (κ3) is 2.22. The van der Waals surface area contributed by atoms with Crippen LogP contribution >= 0.6 is 11.3 Å². The van der Waals surface area contributed by atoms with Gasteiger partial charge in [-0.05, 0) is 65.8 Å². The molecule has 3 aliphatic carbocycles. The first-order valence-electron chi connectivity index (χ1n) is 8.64. The predicted molar refractivity (Wildman–Crippen MR) is 90.2 cm³/mol. The monoisotopic (exact) mass is 341 g/mol. The van der Waals surface area contributed by atoms with Gasteiger partial charge in [0.25, 0.3) is 5.91 Å². The molecule has 1 amide bonds. The molecule has 0 saturated heterocycles. The minimum atomic E-state index is 0.0339. The van der Waals surface area contributed by atoms with Crippen molar-refractivity contribution in [1.82, 2.24) is 25.5 Å². The standard InChI is InChI=1S/C17H19N5OS/c23-16(18-8-12-7-10-4-5-11(12)6-10)15-13-2-1-3-14(13)24-17(15)22-9-19-20-21-22/h4-5,9-12H,1-3,6-8H2,(H,18,23)/t10-,11+,12+/m0/s1. The van der Waals surface area contributed by atoms with Crippen LogP contribution in [0.15, 0.2) is 18.5 Å². The molecule has 124 valence electrons. The average molecular weight is 341 g/mol. The molecule has 3 aliphatic rings. The van der Waals surface area contributed by atoms with Gasteiger partial charge >= 0.3 is 0 Å². The normalized spacial score (nSPS) is 26.9. The predicted octanol–water partition coefficient (Wildman–Crippen LogP) is 2.15. The number of hydrogen-bond donors (Lipinski definition) is 1. The van der Waals surface area contributed by atoms with E-state index in [-0.39, 0.29) is 5.91 Å². The zero-order valence-electron chi connectivity index (χ0n) is 13.3. The number of aryl methyl sites for hydroxylation is 1. The number of nitrogens with one attached hydrogen (secondary N) is 1. The number of fused-ring (bicyclic) bond motifs is 3. The molecule has 0 aliphatic heterocycles. The Balaban J connectivity index is 1.39. The van der Waals surface area contributed by atoms with E-state index in [2.05, 4.69) is 33.0 Å². The molecule has 24 heavy (non-hydrogen) atoms. The van der Waals surface area contributed by atoms with Gasteiger partial charge < -0.3 is 5.32 Å². The van der Waals surface area contributed by atoms with E-state index in [0.29, 0.717) is 11.8 Å². The van der Waals surface area contributed by atoms with Gasteiger partial charge in [0.2, 0.25) is 0 Å². The number of thiophene rings is 1. The summed E-state index contributed by atoms with van der Waals surface area (Å²) in [5, 5.41) is 15.5. The number of aromatic nitrogens is 4. The van der Waals surface area contributed by atoms with Crippen molar-refractivity contribution in [2.45, 2.75) is 32.1 Å². The molecule has 0 aromatic carbocycles. The lowest BCUT2D eigenvalue weighted by molar-refractivity contribution is 0.0944. The molecule has 2 aromatic rings. The Bertz CT molecular complexity index is 809. The molecular weight excluding hydrogens is 322 g/mol. The van der Waals surface area contributed by atoms with Gasteiger partial charge in [-0.2, -0.15) is 4.68 Å². The molecule has 2 aromatic heterocycles. The maximum absolute atomic E-state index is 12.9. The number of carbonyl (C=O) groups excluding carboxylic acids is 1. The van der Waals surface area contributed by atoms with Crippen LogP contribution in [-0.2, 0) is 12.8 Å². The highest BCUT2D eigenvalue weighted by molar-refractivity contribution is 7.15. The van der Waals surface area contributed by atoms with Gasteiger partial charge in [0.15, 0.2) is 0 Å². The molecular formula is C17H19N5OS. The van der Waals surface area contributed by atoms with E-state index in [1.807, 2.05) is 0 Å². The van der Waals surface area contributed by atoms with Gasteiger partial charge in [-0.3, -0.25) is 4.79 Å². The van der Waals surface area contributed by atoms with E-state index in [4.69, 9.17) is 0 Å². The molecule has 5 rings (SSSR count). The first-order valence-corrected chi connectivity index (χ1v) is 9.45. The van der Waals surface area contributed by atoms with Crippen LogP contribution in [-0.4, -0.2) is 32.7 Å². The smallest absolute Gasteiger partial charge is 0.254 e. The lowest BCUT2D eigenvalue weighted by Gasteiger charge is -2.18. The fraction of sp³-hybridized carbons (Fsp3) is 0.529. The van der Waals surface area contributed by atoms with E-state index >= 15 is 0 Å². The van der Waals surface area contributed by atoms with Crippen LogP contribution < -0.4 is 5.32 Å². The van der Waals surface area contributed by atoms with Crippen molar-refractivity contribution in [2.24, 2.45) is 17.8 Å². The summed E-state index contributed by atoms with van der Waals surface area (Å²) in [7, 11) is 0. The third-order valence-electron chi connectivity index (χ3n) is 5.63. The lowest BCUT2D eigenvalue weighted by atomic mass is 9.93. The second kappa shape index (κ2) is 5.51. The lowest BCUT2D eigenvalue weighted by Crippen LogP contribution is -2.31. The molecule has 3 atom stereocenters. The van der Waals surface area contributed by atoms with Gasteiger partial charge in [0.1, 0.15) is 11.3 Å². The minimum absolute atomic E-state index is 0.0339. The number of carbonyl (C=O) groups is 1. The minimum Gasteiger partial charge on any atom is -0.352 e. The average Bonchev–Trinajstić information content (AvgIpc) is 3.38. The summed E-state index contributed by atoms with van der Waals surface area (Å²) in [6, 6.07) is 0. The van der Waals surface area contributed by atoms with Crippen molar-refractivity contribution in [1.29, 1.82) is 0 Å². The Hall–Kier alpha value is -2.02. The highest BCUT2D eigenvalue weighted by Gasteiger charge is 2.36. The molecule has 0 unspecified atom stereocenters. The summed E-state index contributed by atoms with van der Waals surface area (Å²) in [5.41, 5.74) is 1.99. The Labute approximate surface area is 143 Å². The highest BCUT2D eigenvalue weighted by Crippen LogP contribution is 2.43. The first-order chi connectivity index (χ1) is 11.8. The summed E-state index contributed by atoms with van der Waals surface area (Å²) in [5.74, 6) is 2.01. The maximum Gasteiger partial charge on any atom is 0.254 e. The molecule has 1 N–H and O–H groups in total. The zero-order valence-corrected chi connectivity index (χ0v) is 14.1. The number of rotatable bonds is 4. The SMILES string of the molecule is O=C(NC[C@H]1C[C@H]2C=C[C@@H]1C2)c1c(-n2cnnn2)sc2c1CCC2. The quantitative estimate of drug-likeness (QED) is 0.865. The molecule has 0 radical (unpaired) electrons. The van der Waals surface area contributed by atoms with E-state index in [0.717, 1.165) is 42.3 Å². The summed E-state index contributed by atoms with van der Waals surface area (Å²) in [6.07, 6.45) is 11.9. The Morgan fingerprint density at radius 2 is 2.29 bits per heavy atom. The fourth-order valence-electron chi connectivity index (χ4n) is 4.48. The van der Waals surface area contributed by atoms with Crippen molar-refractivity contribution in [3.8, 4) is 5.00 Å². The van der Waals surface area contributed by atoms with Gasteiger partial charge in [0.05, 0.1) is 5.56 Å². The van der Waals surface area contributed by atoms with Crippen LogP contribution in [0.1, 0.15) is 40.1 Å². The molecule has 7 heteroatoms. The van der Waals surface area contributed by atoms with Gasteiger partial charge in [-0.15, -0.1) is 16.4 Å². The van der Waals surface area contributed by atoms with Crippen LogP contribution in [0.4, 0.5) is 0 Å². The number of nitrogens with zero attached hydrogens (tertiary/aromatic N) is 4. The van der Waals surface area contributed by atoms with Crippen molar-refractivity contribution >= 4 is 17.2 Å². The van der Waals surface area contributed by atoms with Gasteiger partial charge in [-0.25, -0.2) is 0 Å². The second-order valence-corrected chi connectivity index (χ2v) is 8.13. The fourth-order valence-corrected chi connectivity index (χ4v) is 5.78. The van der Waals surface area contributed by atoms with E-state index in [1.54, 1.807) is 22.3 Å². The summed E-state index contributed by atoms with van der Waals surface area (Å²) in [6.45, 7) is 0.768. The molecule has 1 saturated carbocycles. The molecule has 2 bridgehead atoms. The summed E-state index contributed by atoms with van der Waals surface area (Å²) >= 11 is 1.65. The van der Waals surface area contributed by atoms with Crippen LogP contribution in [0.25, 0.3) is 5.00 Å². The van der Waals surface area contributed by atoms with Crippen LogP contribution in [0.3, 0.4) is 0 Å². The van der Waals surface area contributed by atoms with E-state index < -0.39 is 0 Å². The molecule has 0 spiro atoms. The zero-order chi connectivity index (χ0) is 16.1. The van der Waals surface area contributed by atoms with Gasteiger partial charge in [-0.1, -0.05) is 12.2 Å². The third-order valence-corrected chi connectivity index (χ3v) is 6.91. The van der Waals surface area contributed by atoms with Crippen LogP contribution in [0.5, 0.6) is 0 Å². The second-order valence-electron chi connectivity index (χ2n) is 7.04. The van der Waals surface area contributed by atoms with E-state index in [9.17, 15) is 4.79 Å². The Morgan fingerprint density at radius 1 is 1.33 bits per heavy atom. The molecule has 2 heterocycles. The molecule has 1 fully saturated rings. The number of amides is 1. The van der Waals surface area contributed by atoms with Crippen molar-refractivity contribution in [2.75, 3.05) is 6.54 Å². The van der Waals surface area contributed by atoms with Crippen molar-refractivity contribution in [3.63, 3.8) is 0 Å². The molecule has 6 nitrogen and oxygen atoms in total. The highest BCUT2D eigenvalue weighted by atomic mass is 32.1. The summed E-state index contributed by atoms with van der Waals surface area (Å²) < 4.78 is 1.62. The van der Waals surface area contributed by atoms with Crippen LogP contribution in [0.2, 0.25) is 0 Å². The maximum atomic E-state index is 12.9. The number of allylic oxidation sites excluding steroid dienone is 2. The number of tetrazole rings is 1. The van der Waals surface area contributed by atoms with Crippen molar-refractivity contribution in [3.05, 3.63) is 34.5 Å². The topological polar surface area (TPSA) is 72.7 Å². The van der Waals surface area contributed by atoms with Gasteiger partial charge in [0, 0.05) is 11.4 Å².